The summed E-state index contributed by atoms with van der Waals surface area (Å²) in [5.74, 6) is -1.44. The van der Waals surface area contributed by atoms with E-state index in [9.17, 15) is 22.4 Å². The van der Waals surface area contributed by atoms with Gasteiger partial charge in [-0.3, -0.25) is 9.59 Å². The SMILES string of the molecule is CS(=O)(=O)c1ccc(F)c(C(=O)N2CCC(C(=O)c3ccccc3)CC2)c1. The van der Waals surface area contributed by atoms with Crippen LogP contribution in [0.4, 0.5) is 4.39 Å². The Morgan fingerprint density at radius 3 is 2.26 bits per heavy atom. The lowest BCUT2D eigenvalue weighted by atomic mass is 9.88. The van der Waals surface area contributed by atoms with Crippen LogP contribution in [-0.4, -0.2) is 44.4 Å². The minimum absolute atomic E-state index is 0.0490. The molecule has 0 N–H and O–H groups in total. The zero-order chi connectivity index (χ0) is 19.6. The summed E-state index contributed by atoms with van der Waals surface area (Å²) in [4.78, 5) is 26.6. The number of sulfone groups is 1. The number of hydrogen-bond donors (Lipinski definition) is 0. The summed E-state index contributed by atoms with van der Waals surface area (Å²) in [6, 6.07) is 12.2. The fourth-order valence-electron chi connectivity index (χ4n) is 3.25. The molecule has 5 nitrogen and oxygen atoms in total. The number of carbonyl (C=O) groups excluding carboxylic acids is 2. The van der Waals surface area contributed by atoms with Crippen molar-refractivity contribution in [3.05, 3.63) is 65.5 Å². The van der Waals surface area contributed by atoms with E-state index in [0.29, 0.717) is 31.5 Å². The van der Waals surface area contributed by atoms with Crippen molar-refractivity contribution in [2.45, 2.75) is 17.7 Å². The molecule has 0 bridgehead atoms. The number of piperidine rings is 1. The van der Waals surface area contributed by atoms with Crippen LogP contribution in [0.15, 0.2) is 53.4 Å². The third-order valence-electron chi connectivity index (χ3n) is 4.81. The van der Waals surface area contributed by atoms with Crippen molar-refractivity contribution in [1.29, 1.82) is 0 Å². The van der Waals surface area contributed by atoms with Gasteiger partial charge in [0, 0.05) is 30.8 Å². The fraction of sp³-hybridized carbons (Fsp3) is 0.300. The first-order valence-electron chi connectivity index (χ1n) is 8.65. The fourth-order valence-corrected chi connectivity index (χ4v) is 3.90. The predicted octanol–water partition coefficient (Wildman–Crippen LogP) is 2.96. The van der Waals surface area contributed by atoms with Gasteiger partial charge in [0.25, 0.3) is 5.91 Å². The van der Waals surface area contributed by atoms with Gasteiger partial charge in [-0.1, -0.05) is 30.3 Å². The normalized spacial score (nSPS) is 15.6. The third-order valence-corrected chi connectivity index (χ3v) is 5.92. The number of hydrogen-bond acceptors (Lipinski definition) is 4. The smallest absolute Gasteiger partial charge is 0.256 e. The Bertz CT molecular complexity index is 965. The maximum Gasteiger partial charge on any atom is 0.256 e. The van der Waals surface area contributed by atoms with Crippen molar-refractivity contribution in [3.63, 3.8) is 0 Å². The number of likely N-dealkylation sites (tertiary alicyclic amines) is 1. The quantitative estimate of drug-likeness (QED) is 0.595. The number of rotatable bonds is 4. The predicted molar refractivity (Wildman–Crippen MR) is 98.9 cm³/mol. The summed E-state index contributed by atoms with van der Waals surface area (Å²) in [5, 5.41) is 0. The molecular formula is C20H20FNO4S. The van der Waals surface area contributed by atoms with Crippen LogP contribution in [-0.2, 0) is 9.84 Å². The first-order chi connectivity index (χ1) is 12.8. The molecule has 1 aliphatic rings. The van der Waals surface area contributed by atoms with Gasteiger partial charge in [0.1, 0.15) is 5.82 Å². The van der Waals surface area contributed by atoms with E-state index in [4.69, 9.17) is 0 Å². The van der Waals surface area contributed by atoms with E-state index in [2.05, 4.69) is 0 Å². The average Bonchev–Trinajstić information content (AvgIpc) is 2.67. The minimum atomic E-state index is -3.54. The third kappa shape index (κ3) is 4.24. The summed E-state index contributed by atoms with van der Waals surface area (Å²) >= 11 is 0. The summed E-state index contributed by atoms with van der Waals surface area (Å²) in [6.45, 7) is 0.648. The summed E-state index contributed by atoms with van der Waals surface area (Å²) in [5.41, 5.74) is 0.389. The number of Topliss-reactive ketones (excluding diaryl/α,β-unsaturated/α-hetero) is 1. The van der Waals surface area contributed by atoms with Gasteiger partial charge >= 0.3 is 0 Å². The largest absolute Gasteiger partial charge is 0.339 e. The van der Waals surface area contributed by atoms with E-state index >= 15 is 0 Å². The van der Waals surface area contributed by atoms with E-state index in [1.165, 1.54) is 4.90 Å². The number of benzene rings is 2. The van der Waals surface area contributed by atoms with E-state index in [1.54, 1.807) is 12.1 Å². The topological polar surface area (TPSA) is 71.5 Å². The molecule has 0 unspecified atom stereocenters. The van der Waals surface area contributed by atoms with Crippen LogP contribution >= 0.6 is 0 Å². The van der Waals surface area contributed by atoms with Gasteiger partial charge in [0.15, 0.2) is 15.6 Å². The highest BCUT2D eigenvalue weighted by Gasteiger charge is 2.29. The molecule has 2 aromatic rings. The van der Waals surface area contributed by atoms with E-state index < -0.39 is 21.6 Å². The summed E-state index contributed by atoms with van der Waals surface area (Å²) in [7, 11) is -3.54. The van der Waals surface area contributed by atoms with Crippen LogP contribution in [0.5, 0.6) is 0 Å². The monoisotopic (exact) mass is 389 g/mol. The Balaban J connectivity index is 1.71. The Hall–Kier alpha value is -2.54. The summed E-state index contributed by atoms with van der Waals surface area (Å²) < 4.78 is 37.4. The second-order valence-corrected chi connectivity index (χ2v) is 8.73. The Kier molecular flexibility index (Phi) is 5.41. The molecule has 2 aromatic carbocycles. The molecule has 7 heteroatoms. The molecule has 1 amide bonds. The van der Waals surface area contributed by atoms with E-state index in [0.717, 1.165) is 24.5 Å². The maximum atomic E-state index is 14.1. The van der Waals surface area contributed by atoms with Gasteiger partial charge in [-0.2, -0.15) is 0 Å². The second-order valence-electron chi connectivity index (χ2n) is 6.71. The lowest BCUT2D eigenvalue weighted by Gasteiger charge is -2.31. The van der Waals surface area contributed by atoms with Crippen LogP contribution in [0.25, 0.3) is 0 Å². The molecule has 3 rings (SSSR count). The van der Waals surface area contributed by atoms with Crippen molar-refractivity contribution < 1.29 is 22.4 Å². The molecular weight excluding hydrogens is 369 g/mol. The summed E-state index contributed by atoms with van der Waals surface area (Å²) in [6.07, 6.45) is 1.99. The number of ketones is 1. The molecule has 1 aliphatic heterocycles. The lowest BCUT2D eigenvalue weighted by Crippen LogP contribution is -2.40. The van der Waals surface area contributed by atoms with Crippen molar-refractivity contribution in [2.24, 2.45) is 5.92 Å². The van der Waals surface area contributed by atoms with Crippen LogP contribution in [0.3, 0.4) is 0 Å². The first-order valence-corrected chi connectivity index (χ1v) is 10.5. The molecule has 0 saturated carbocycles. The standard InChI is InChI=1S/C20H20FNO4S/c1-27(25,26)16-7-8-18(21)17(13-16)20(24)22-11-9-15(10-12-22)19(23)14-5-3-2-4-6-14/h2-8,13,15H,9-12H2,1H3. The molecule has 27 heavy (non-hydrogen) atoms. The molecule has 1 saturated heterocycles. The van der Waals surface area contributed by atoms with Crippen LogP contribution in [0, 0.1) is 11.7 Å². The van der Waals surface area contributed by atoms with Gasteiger partial charge in [-0.15, -0.1) is 0 Å². The molecule has 0 radical (unpaired) electrons. The van der Waals surface area contributed by atoms with Crippen molar-refractivity contribution in [2.75, 3.05) is 19.3 Å². The average molecular weight is 389 g/mol. The molecule has 142 valence electrons. The van der Waals surface area contributed by atoms with Crippen LogP contribution < -0.4 is 0 Å². The molecule has 0 aromatic heterocycles. The maximum absolute atomic E-state index is 14.1. The first kappa shape index (κ1) is 19.2. The minimum Gasteiger partial charge on any atom is -0.339 e. The molecule has 0 atom stereocenters. The highest BCUT2D eigenvalue weighted by molar-refractivity contribution is 7.90. The molecule has 0 aliphatic carbocycles. The van der Waals surface area contributed by atoms with Gasteiger partial charge in [0.05, 0.1) is 10.5 Å². The zero-order valence-electron chi connectivity index (χ0n) is 14.9. The van der Waals surface area contributed by atoms with Gasteiger partial charge < -0.3 is 4.90 Å². The van der Waals surface area contributed by atoms with Crippen LogP contribution in [0.2, 0.25) is 0 Å². The number of amides is 1. The van der Waals surface area contributed by atoms with E-state index in [1.807, 2.05) is 18.2 Å². The lowest BCUT2D eigenvalue weighted by molar-refractivity contribution is 0.0646. The number of carbonyl (C=O) groups is 2. The van der Waals surface area contributed by atoms with Crippen molar-refractivity contribution >= 4 is 21.5 Å². The highest BCUT2D eigenvalue weighted by Crippen LogP contribution is 2.24. The molecule has 1 fully saturated rings. The van der Waals surface area contributed by atoms with Crippen molar-refractivity contribution in [1.82, 2.24) is 4.90 Å². The Morgan fingerprint density at radius 2 is 1.67 bits per heavy atom. The van der Waals surface area contributed by atoms with Gasteiger partial charge in [-0.05, 0) is 31.0 Å². The van der Waals surface area contributed by atoms with Crippen LogP contribution in [0.1, 0.15) is 33.6 Å². The van der Waals surface area contributed by atoms with Gasteiger partial charge in [-0.25, -0.2) is 12.8 Å². The Labute approximate surface area is 157 Å². The number of halogens is 1. The van der Waals surface area contributed by atoms with E-state index in [-0.39, 0.29) is 22.2 Å². The highest BCUT2D eigenvalue weighted by atomic mass is 32.2. The number of nitrogens with zero attached hydrogens (tertiary/aromatic N) is 1. The second kappa shape index (κ2) is 7.60. The molecule has 1 heterocycles. The zero-order valence-corrected chi connectivity index (χ0v) is 15.7. The van der Waals surface area contributed by atoms with Gasteiger partial charge in [0.2, 0.25) is 0 Å². The van der Waals surface area contributed by atoms with Crippen molar-refractivity contribution in [3.8, 4) is 0 Å². The Morgan fingerprint density at radius 1 is 1.04 bits per heavy atom. The molecule has 0 spiro atoms.